The Bertz CT molecular complexity index is 1030. The fourth-order valence-corrected chi connectivity index (χ4v) is 3.32. The molecule has 13 heteroatoms. The number of pyridine rings is 2. The molecule has 1 aliphatic heterocycles. The van der Waals surface area contributed by atoms with Gasteiger partial charge in [0.2, 0.25) is 5.88 Å². The minimum Gasteiger partial charge on any atom is -0.470 e. The summed E-state index contributed by atoms with van der Waals surface area (Å²) in [5, 5.41) is -0.187. The van der Waals surface area contributed by atoms with Crippen molar-refractivity contribution in [2.24, 2.45) is 0 Å². The van der Waals surface area contributed by atoms with Crippen molar-refractivity contribution in [3.8, 4) is 5.88 Å². The van der Waals surface area contributed by atoms with E-state index >= 15 is 0 Å². The Balaban J connectivity index is 1.79. The highest BCUT2D eigenvalue weighted by atomic mass is 35.5. The summed E-state index contributed by atoms with van der Waals surface area (Å²) in [5.74, 6) is -5.87. The quantitative estimate of drug-likeness (QED) is 0.440. The fourth-order valence-electron chi connectivity index (χ4n) is 2.98. The topological polar surface area (TPSA) is 81.6 Å². The Kier molecular flexibility index (Phi) is 6.66. The van der Waals surface area contributed by atoms with Crippen molar-refractivity contribution in [2.75, 3.05) is 6.61 Å². The molecule has 0 radical (unpaired) electrons. The third kappa shape index (κ3) is 4.57. The van der Waals surface area contributed by atoms with Gasteiger partial charge in [0, 0.05) is 30.1 Å². The minimum atomic E-state index is -4.35. The molecule has 0 aliphatic carbocycles. The molecular weight excluding hydrogens is 465 g/mol. The Morgan fingerprint density at radius 1 is 1.39 bits per heavy atom. The van der Waals surface area contributed by atoms with E-state index in [4.69, 9.17) is 11.6 Å². The average molecular weight is 480 g/mol. The SMILES string of the molecule is CC(c1cnc(OCC(F)(F)C(F)F)c(Cl)c1)N1Cc2c(ccnc2C(=O)OP)C1=O. The average Bonchev–Trinajstić information content (AvgIpc) is 3.08. The second-order valence-electron chi connectivity index (χ2n) is 6.61. The van der Waals surface area contributed by atoms with Gasteiger partial charge in [0.1, 0.15) is 5.02 Å². The van der Waals surface area contributed by atoms with E-state index in [1.807, 2.05) is 9.47 Å². The van der Waals surface area contributed by atoms with E-state index in [-0.39, 0.29) is 23.2 Å². The predicted molar refractivity (Wildman–Crippen MR) is 103 cm³/mol. The van der Waals surface area contributed by atoms with Crippen LogP contribution in [-0.4, -0.2) is 45.7 Å². The standard InChI is InChI=1S/C18H15ClF4N3O4P/c1-8(9-4-12(19)14(25-5-9)29-7-18(22,23)17(20)21)26-6-11-10(15(26)27)2-3-24-13(11)16(28)30-31/h2-5,8,17H,6-7,31H2,1H3. The molecular formula is C18H15ClF4N3O4P. The van der Waals surface area contributed by atoms with E-state index in [1.54, 1.807) is 6.92 Å². The van der Waals surface area contributed by atoms with Crippen LogP contribution in [0.5, 0.6) is 5.88 Å². The second kappa shape index (κ2) is 8.92. The molecule has 2 aromatic heterocycles. The highest BCUT2D eigenvalue weighted by molar-refractivity contribution is 7.10. The Morgan fingerprint density at radius 2 is 2.10 bits per heavy atom. The van der Waals surface area contributed by atoms with E-state index < -0.39 is 36.8 Å². The molecule has 0 fully saturated rings. The zero-order valence-corrected chi connectivity index (χ0v) is 17.7. The maximum Gasteiger partial charge on any atom is 0.359 e. The van der Waals surface area contributed by atoms with Gasteiger partial charge in [0.15, 0.2) is 12.3 Å². The van der Waals surface area contributed by atoms with Crippen LogP contribution in [0, 0.1) is 0 Å². The molecule has 0 aromatic carbocycles. The number of carbonyl (C=O) groups excluding carboxylic acids is 2. The van der Waals surface area contributed by atoms with Crippen molar-refractivity contribution < 1.29 is 36.4 Å². The number of carbonyl (C=O) groups is 2. The largest absolute Gasteiger partial charge is 0.470 e. The predicted octanol–water partition coefficient (Wildman–Crippen LogP) is 4.07. The third-order valence-electron chi connectivity index (χ3n) is 4.67. The molecule has 7 nitrogen and oxygen atoms in total. The summed E-state index contributed by atoms with van der Waals surface area (Å²) in [5.41, 5.74) is 1.14. The number of hydrogen-bond acceptors (Lipinski definition) is 6. The van der Waals surface area contributed by atoms with E-state index in [0.717, 1.165) is 0 Å². The van der Waals surface area contributed by atoms with Crippen molar-refractivity contribution in [1.29, 1.82) is 0 Å². The summed E-state index contributed by atoms with van der Waals surface area (Å²) in [6, 6.07) is 2.23. The molecule has 1 amide bonds. The van der Waals surface area contributed by atoms with Gasteiger partial charge in [-0.1, -0.05) is 11.6 Å². The van der Waals surface area contributed by atoms with Crippen LogP contribution < -0.4 is 4.74 Å². The van der Waals surface area contributed by atoms with Crippen LogP contribution in [0.25, 0.3) is 0 Å². The van der Waals surface area contributed by atoms with E-state index in [1.165, 1.54) is 29.4 Å². The molecule has 0 saturated heterocycles. The summed E-state index contributed by atoms with van der Waals surface area (Å²) in [6.45, 7) is 0.145. The van der Waals surface area contributed by atoms with Crippen LogP contribution in [0.1, 0.15) is 44.9 Å². The van der Waals surface area contributed by atoms with E-state index in [9.17, 15) is 27.2 Å². The number of amides is 1. The number of alkyl halides is 4. The second-order valence-corrected chi connectivity index (χ2v) is 7.25. The first-order valence-corrected chi connectivity index (χ1v) is 9.56. The van der Waals surface area contributed by atoms with Crippen molar-refractivity contribution in [2.45, 2.75) is 31.9 Å². The molecule has 1 aliphatic rings. The number of rotatable bonds is 7. The lowest BCUT2D eigenvalue weighted by Crippen LogP contribution is -2.34. The zero-order valence-electron chi connectivity index (χ0n) is 15.8. The lowest BCUT2D eigenvalue weighted by Gasteiger charge is -2.25. The van der Waals surface area contributed by atoms with Gasteiger partial charge in [-0.3, -0.25) is 4.79 Å². The molecule has 0 spiro atoms. The van der Waals surface area contributed by atoms with E-state index in [2.05, 4.69) is 19.2 Å². The van der Waals surface area contributed by atoms with Gasteiger partial charge in [-0.05, 0) is 24.6 Å². The van der Waals surface area contributed by atoms with Gasteiger partial charge in [-0.25, -0.2) is 23.5 Å². The number of ether oxygens (including phenoxy) is 1. The zero-order chi connectivity index (χ0) is 22.9. The van der Waals surface area contributed by atoms with Crippen LogP contribution in [0.3, 0.4) is 0 Å². The van der Waals surface area contributed by atoms with E-state index in [0.29, 0.717) is 16.7 Å². The van der Waals surface area contributed by atoms with Gasteiger partial charge >= 0.3 is 18.3 Å². The summed E-state index contributed by atoms with van der Waals surface area (Å²) in [4.78, 5) is 33.9. The van der Waals surface area contributed by atoms with Crippen LogP contribution >= 0.6 is 21.1 Å². The number of aromatic nitrogens is 2. The molecule has 0 N–H and O–H groups in total. The van der Waals surface area contributed by atoms with Crippen molar-refractivity contribution >= 4 is 32.9 Å². The maximum atomic E-state index is 13.0. The van der Waals surface area contributed by atoms with Gasteiger partial charge in [-0.2, -0.15) is 8.78 Å². The van der Waals surface area contributed by atoms with Crippen molar-refractivity contribution in [3.05, 3.63) is 51.9 Å². The third-order valence-corrected chi connectivity index (χ3v) is 5.16. The number of nitrogens with zero attached hydrogens (tertiary/aromatic N) is 3. The smallest absolute Gasteiger partial charge is 0.359 e. The normalized spacial score (nSPS) is 14.6. The molecule has 3 rings (SSSR count). The van der Waals surface area contributed by atoms with Crippen molar-refractivity contribution in [1.82, 2.24) is 14.9 Å². The summed E-state index contributed by atoms with van der Waals surface area (Å²) < 4.78 is 59.8. The van der Waals surface area contributed by atoms with Gasteiger partial charge in [0.25, 0.3) is 5.91 Å². The monoisotopic (exact) mass is 479 g/mol. The lowest BCUT2D eigenvalue weighted by molar-refractivity contribution is -0.148. The molecule has 0 bridgehead atoms. The molecule has 2 unspecified atom stereocenters. The van der Waals surface area contributed by atoms with Gasteiger partial charge in [0.05, 0.1) is 15.5 Å². The summed E-state index contributed by atoms with van der Waals surface area (Å²) in [6.07, 6.45) is -1.34. The van der Waals surface area contributed by atoms with Crippen LogP contribution in [0.4, 0.5) is 17.6 Å². The Morgan fingerprint density at radius 3 is 2.71 bits per heavy atom. The maximum absolute atomic E-state index is 13.0. The molecule has 31 heavy (non-hydrogen) atoms. The Hall–Kier alpha value is -2.52. The molecule has 2 atom stereocenters. The number of hydrogen-bond donors (Lipinski definition) is 0. The summed E-state index contributed by atoms with van der Waals surface area (Å²) in [7, 11) is 1.82. The highest BCUT2D eigenvalue weighted by Crippen LogP contribution is 2.35. The van der Waals surface area contributed by atoms with Crippen LogP contribution in [0.15, 0.2) is 24.5 Å². The van der Waals surface area contributed by atoms with Gasteiger partial charge in [-0.15, -0.1) is 0 Å². The van der Waals surface area contributed by atoms with Crippen LogP contribution in [-0.2, 0) is 11.1 Å². The first kappa shape index (κ1) is 23.1. The van der Waals surface area contributed by atoms with Gasteiger partial charge < -0.3 is 14.2 Å². The number of halogens is 5. The lowest BCUT2D eigenvalue weighted by atomic mass is 10.1. The highest BCUT2D eigenvalue weighted by Gasteiger charge is 2.42. The fraction of sp³-hybridized carbons (Fsp3) is 0.333. The minimum absolute atomic E-state index is 0.00964. The first-order valence-electron chi connectivity index (χ1n) is 8.71. The molecule has 166 valence electrons. The molecule has 3 heterocycles. The number of fused-ring (bicyclic) bond motifs is 1. The summed E-state index contributed by atoms with van der Waals surface area (Å²) >= 11 is 6.00. The molecule has 2 aromatic rings. The first-order chi connectivity index (χ1) is 14.6. The van der Waals surface area contributed by atoms with Crippen LogP contribution in [0.2, 0.25) is 5.02 Å². The van der Waals surface area contributed by atoms with Crippen molar-refractivity contribution in [3.63, 3.8) is 0 Å². The molecule has 0 saturated carbocycles. The Labute approximate surface area is 181 Å².